The molecule has 0 spiro atoms. The van der Waals surface area contributed by atoms with E-state index in [1.54, 1.807) is 7.11 Å². The van der Waals surface area contributed by atoms with Gasteiger partial charge in [-0.3, -0.25) is 4.90 Å². The van der Waals surface area contributed by atoms with Crippen molar-refractivity contribution >= 4 is 11.4 Å². The predicted octanol–water partition coefficient (Wildman–Crippen LogP) is 0.143. The molecule has 4 N–H and O–H groups in total. The summed E-state index contributed by atoms with van der Waals surface area (Å²) in [6.45, 7) is 3.97. The fourth-order valence-electron chi connectivity index (χ4n) is 2.66. The molecule has 21 heavy (non-hydrogen) atoms. The van der Waals surface area contributed by atoms with Crippen molar-refractivity contribution in [1.29, 1.82) is 0 Å². The first-order valence-electron chi connectivity index (χ1n) is 7.33. The van der Waals surface area contributed by atoms with Gasteiger partial charge in [-0.05, 0) is 25.1 Å². The summed E-state index contributed by atoms with van der Waals surface area (Å²) in [6.07, 6.45) is 0.360. The van der Waals surface area contributed by atoms with Gasteiger partial charge in [0, 0.05) is 37.9 Å². The molecule has 0 bridgehead atoms. The highest BCUT2D eigenvalue weighted by Crippen LogP contribution is 2.28. The zero-order valence-corrected chi connectivity index (χ0v) is 12.5. The predicted molar refractivity (Wildman–Crippen MR) is 83.8 cm³/mol. The Morgan fingerprint density at radius 3 is 2.81 bits per heavy atom. The summed E-state index contributed by atoms with van der Waals surface area (Å²) in [4.78, 5) is 4.49. The Hall–Kier alpha value is -1.50. The van der Waals surface area contributed by atoms with Gasteiger partial charge in [0.25, 0.3) is 0 Å². The van der Waals surface area contributed by atoms with Crippen molar-refractivity contribution in [2.24, 2.45) is 0 Å². The molecule has 0 radical (unpaired) electrons. The Morgan fingerprint density at radius 1 is 1.29 bits per heavy atom. The van der Waals surface area contributed by atoms with Gasteiger partial charge < -0.3 is 25.6 Å². The number of hydrogen-bond donors (Lipinski definition) is 3. The second-order valence-electron chi connectivity index (χ2n) is 5.40. The number of nitrogens with two attached hydrogens (primary N) is 1. The third-order valence-corrected chi connectivity index (χ3v) is 3.85. The lowest BCUT2D eigenvalue weighted by Crippen LogP contribution is -2.37. The normalized spacial score (nSPS) is 18.3. The van der Waals surface area contributed by atoms with Gasteiger partial charge in [-0.2, -0.15) is 0 Å². The number of rotatable bonds is 5. The molecule has 0 aliphatic carbocycles. The average molecular weight is 295 g/mol. The van der Waals surface area contributed by atoms with E-state index in [2.05, 4.69) is 9.80 Å². The molecule has 0 aromatic heterocycles. The summed E-state index contributed by atoms with van der Waals surface area (Å²) in [5.74, 6) is 0.698. The van der Waals surface area contributed by atoms with Gasteiger partial charge in [0.05, 0.1) is 25.5 Å². The summed E-state index contributed by atoms with van der Waals surface area (Å²) in [7, 11) is 1.62. The lowest BCUT2D eigenvalue weighted by atomic mass is 10.2. The van der Waals surface area contributed by atoms with Gasteiger partial charge in [-0.15, -0.1) is 0 Å². The summed E-state index contributed by atoms with van der Waals surface area (Å²) in [5.41, 5.74) is 7.59. The molecular weight excluding hydrogens is 270 g/mol. The van der Waals surface area contributed by atoms with E-state index in [-0.39, 0.29) is 6.61 Å². The van der Waals surface area contributed by atoms with Crippen molar-refractivity contribution < 1.29 is 14.9 Å². The molecule has 1 saturated heterocycles. The van der Waals surface area contributed by atoms with Gasteiger partial charge in [-0.1, -0.05) is 0 Å². The molecule has 0 unspecified atom stereocenters. The van der Waals surface area contributed by atoms with Crippen molar-refractivity contribution in [1.82, 2.24) is 4.90 Å². The van der Waals surface area contributed by atoms with Crippen LogP contribution in [0.1, 0.15) is 6.42 Å². The lowest BCUT2D eigenvalue weighted by molar-refractivity contribution is 0.0612. The van der Waals surface area contributed by atoms with Crippen molar-refractivity contribution in [2.75, 3.05) is 57.1 Å². The molecule has 1 heterocycles. The van der Waals surface area contributed by atoms with Crippen LogP contribution in [-0.2, 0) is 0 Å². The fraction of sp³-hybridized carbons (Fsp3) is 0.600. The monoisotopic (exact) mass is 295 g/mol. The van der Waals surface area contributed by atoms with Crippen LogP contribution in [0.4, 0.5) is 11.4 Å². The van der Waals surface area contributed by atoms with Gasteiger partial charge >= 0.3 is 0 Å². The minimum Gasteiger partial charge on any atom is -0.495 e. The van der Waals surface area contributed by atoms with Gasteiger partial charge in [0.1, 0.15) is 5.75 Å². The SMILES string of the molecule is COc1cc(N2CCCN(C[C@H](O)CO)CC2)ccc1N. The first-order chi connectivity index (χ1) is 10.1. The number of anilines is 2. The van der Waals surface area contributed by atoms with E-state index >= 15 is 0 Å². The van der Waals surface area contributed by atoms with Crippen LogP contribution in [-0.4, -0.2) is 67.7 Å². The standard InChI is InChI=1S/C15H25N3O3/c1-21-15-9-12(3-4-14(15)16)18-6-2-5-17(7-8-18)10-13(20)11-19/h3-4,9,13,19-20H,2,5-8,10-11,16H2,1H3/t13-/m0/s1. The van der Waals surface area contributed by atoms with Crippen LogP contribution in [0.25, 0.3) is 0 Å². The first-order valence-corrected chi connectivity index (χ1v) is 7.33. The molecule has 1 atom stereocenters. The second-order valence-corrected chi connectivity index (χ2v) is 5.40. The molecule has 6 heteroatoms. The Bertz CT molecular complexity index is 456. The van der Waals surface area contributed by atoms with Crippen LogP contribution in [0.3, 0.4) is 0 Å². The van der Waals surface area contributed by atoms with E-state index in [0.29, 0.717) is 18.0 Å². The van der Waals surface area contributed by atoms with Crippen LogP contribution in [0.5, 0.6) is 5.75 Å². The van der Waals surface area contributed by atoms with Crippen molar-refractivity contribution in [3.63, 3.8) is 0 Å². The average Bonchev–Trinajstić information content (AvgIpc) is 2.73. The zero-order valence-electron chi connectivity index (χ0n) is 12.5. The van der Waals surface area contributed by atoms with Crippen LogP contribution in [0, 0.1) is 0 Å². The van der Waals surface area contributed by atoms with Crippen molar-refractivity contribution in [3.8, 4) is 5.75 Å². The Labute approximate surface area is 125 Å². The Balaban J connectivity index is 1.99. The van der Waals surface area contributed by atoms with E-state index in [1.807, 2.05) is 18.2 Å². The van der Waals surface area contributed by atoms with E-state index in [1.165, 1.54) is 0 Å². The van der Waals surface area contributed by atoms with Crippen LogP contribution in [0.15, 0.2) is 18.2 Å². The smallest absolute Gasteiger partial charge is 0.143 e. The molecule has 1 aliphatic heterocycles. The van der Waals surface area contributed by atoms with E-state index in [0.717, 1.165) is 38.3 Å². The van der Waals surface area contributed by atoms with Gasteiger partial charge in [0.2, 0.25) is 0 Å². The molecule has 1 aliphatic rings. The Morgan fingerprint density at radius 2 is 2.10 bits per heavy atom. The number of aliphatic hydroxyl groups excluding tert-OH is 2. The third-order valence-electron chi connectivity index (χ3n) is 3.85. The molecule has 6 nitrogen and oxygen atoms in total. The van der Waals surface area contributed by atoms with Crippen LogP contribution < -0.4 is 15.4 Å². The van der Waals surface area contributed by atoms with E-state index in [9.17, 15) is 5.11 Å². The number of benzene rings is 1. The maximum atomic E-state index is 9.55. The molecule has 0 saturated carbocycles. The maximum absolute atomic E-state index is 9.55. The summed E-state index contributed by atoms with van der Waals surface area (Å²) >= 11 is 0. The molecule has 1 aromatic rings. The summed E-state index contributed by atoms with van der Waals surface area (Å²) in [5, 5.41) is 18.5. The van der Waals surface area contributed by atoms with E-state index in [4.69, 9.17) is 15.6 Å². The van der Waals surface area contributed by atoms with Crippen LogP contribution in [0.2, 0.25) is 0 Å². The summed E-state index contributed by atoms with van der Waals surface area (Å²) in [6, 6.07) is 5.84. The van der Waals surface area contributed by atoms with Crippen molar-refractivity contribution in [2.45, 2.75) is 12.5 Å². The number of aliphatic hydroxyl groups is 2. The number of methoxy groups -OCH3 is 1. The second kappa shape index (κ2) is 7.49. The third kappa shape index (κ3) is 4.23. The maximum Gasteiger partial charge on any atom is 0.143 e. The Kier molecular flexibility index (Phi) is 5.67. The topological polar surface area (TPSA) is 82.2 Å². The minimum absolute atomic E-state index is 0.185. The molecule has 2 rings (SSSR count). The van der Waals surface area contributed by atoms with Crippen molar-refractivity contribution in [3.05, 3.63) is 18.2 Å². The zero-order chi connectivity index (χ0) is 15.2. The lowest BCUT2D eigenvalue weighted by Gasteiger charge is -2.25. The van der Waals surface area contributed by atoms with Gasteiger partial charge in [0.15, 0.2) is 0 Å². The number of ether oxygens (including phenoxy) is 1. The van der Waals surface area contributed by atoms with E-state index < -0.39 is 6.10 Å². The number of β-amino-alcohol motifs (C(OH)–C–C–N with tert-alkyl or cyclic N) is 1. The highest BCUT2D eigenvalue weighted by Gasteiger charge is 2.18. The largest absolute Gasteiger partial charge is 0.495 e. The highest BCUT2D eigenvalue weighted by atomic mass is 16.5. The molecule has 1 aromatic carbocycles. The van der Waals surface area contributed by atoms with Gasteiger partial charge in [-0.25, -0.2) is 0 Å². The first kappa shape index (κ1) is 15.9. The number of nitrogens with zero attached hydrogens (tertiary/aromatic N) is 2. The number of nitrogen functional groups attached to an aromatic ring is 1. The number of hydrogen-bond acceptors (Lipinski definition) is 6. The van der Waals surface area contributed by atoms with Crippen LogP contribution >= 0.6 is 0 Å². The molecule has 1 fully saturated rings. The molecule has 118 valence electrons. The quantitative estimate of drug-likeness (QED) is 0.671. The molecule has 0 amide bonds. The highest BCUT2D eigenvalue weighted by molar-refractivity contribution is 5.62. The minimum atomic E-state index is -0.659. The molecular formula is C15H25N3O3. The summed E-state index contributed by atoms with van der Waals surface area (Å²) < 4.78 is 5.27. The fourth-order valence-corrected chi connectivity index (χ4v) is 2.66.